The zero-order valence-corrected chi connectivity index (χ0v) is 16.5. The quantitative estimate of drug-likeness (QED) is 0.397. The van der Waals surface area contributed by atoms with E-state index in [0.29, 0.717) is 23.3 Å². The summed E-state index contributed by atoms with van der Waals surface area (Å²) in [6.07, 6.45) is 2.05. The lowest BCUT2D eigenvalue weighted by Gasteiger charge is -2.19. The van der Waals surface area contributed by atoms with Crippen LogP contribution in [0.4, 0.5) is 8.78 Å². The van der Waals surface area contributed by atoms with Crippen molar-refractivity contribution in [2.45, 2.75) is 32.1 Å². The smallest absolute Gasteiger partial charge is 0.191 e. The number of halogens is 3. The molecule has 0 aliphatic carbocycles. The molecule has 22 heavy (non-hydrogen) atoms. The average molecular weight is 443 g/mol. The van der Waals surface area contributed by atoms with E-state index in [4.69, 9.17) is 0 Å². The molecule has 3 nitrogen and oxygen atoms in total. The highest BCUT2D eigenvalue weighted by Crippen LogP contribution is 2.15. The van der Waals surface area contributed by atoms with Crippen LogP contribution in [0, 0.1) is 11.6 Å². The lowest BCUT2D eigenvalue weighted by molar-refractivity contribution is 0.504. The molecule has 1 aromatic carbocycles. The first-order valence-corrected chi connectivity index (χ1v) is 8.29. The zero-order chi connectivity index (χ0) is 15.8. The van der Waals surface area contributed by atoms with Gasteiger partial charge >= 0.3 is 0 Å². The second kappa shape index (κ2) is 11.0. The highest BCUT2D eigenvalue weighted by molar-refractivity contribution is 14.0. The number of benzene rings is 1. The first kappa shape index (κ1) is 21.4. The molecular weight excluding hydrogens is 419 g/mol. The minimum atomic E-state index is -0.834. The van der Waals surface area contributed by atoms with Gasteiger partial charge in [0.2, 0.25) is 0 Å². The molecule has 0 radical (unpaired) electrons. The summed E-state index contributed by atoms with van der Waals surface area (Å²) in [5, 5.41) is 6.78. The van der Waals surface area contributed by atoms with Crippen molar-refractivity contribution in [2.24, 2.45) is 4.99 Å². The summed E-state index contributed by atoms with van der Waals surface area (Å²) in [6.45, 7) is 7.41. The number of nitrogens with zero attached hydrogens (tertiary/aromatic N) is 1. The molecule has 0 bridgehead atoms. The van der Waals surface area contributed by atoms with Crippen LogP contribution in [0.1, 0.15) is 32.4 Å². The maximum atomic E-state index is 13.3. The molecule has 2 atom stereocenters. The zero-order valence-electron chi connectivity index (χ0n) is 13.3. The third-order valence-electron chi connectivity index (χ3n) is 3.05. The Morgan fingerprint density at radius 1 is 1.27 bits per heavy atom. The minimum Gasteiger partial charge on any atom is -0.357 e. The largest absolute Gasteiger partial charge is 0.357 e. The maximum Gasteiger partial charge on any atom is 0.191 e. The number of guanidine groups is 1. The number of nitrogens with one attached hydrogen (secondary N) is 2. The Morgan fingerprint density at radius 2 is 1.95 bits per heavy atom. The van der Waals surface area contributed by atoms with Gasteiger partial charge in [-0.2, -0.15) is 11.8 Å². The molecule has 0 aliphatic heterocycles. The van der Waals surface area contributed by atoms with Crippen molar-refractivity contribution in [3.8, 4) is 0 Å². The molecule has 2 unspecified atom stereocenters. The molecule has 0 aliphatic rings. The monoisotopic (exact) mass is 443 g/mol. The molecule has 0 spiro atoms. The minimum absolute atomic E-state index is 0. The fourth-order valence-electron chi connectivity index (χ4n) is 1.68. The highest BCUT2D eigenvalue weighted by Gasteiger charge is 2.11. The molecule has 2 N–H and O–H groups in total. The molecule has 7 heteroatoms. The fourth-order valence-corrected chi connectivity index (χ4v) is 1.91. The topological polar surface area (TPSA) is 36.4 Å². The van der Waals surface area contributed by atoms with Crippen molar-refractivity contribution < 1.29 is 8.78 Å². The second-order valence-electron chi connectivity index (χ2n) is 4.81. The van der Waals surface area contributed by atoms with Gasteiger partial charge in [-0.15, -0.1) is 24.0 Å². The van der Waals surface area contributed by atoms with E-state index < -0.39 is 11.6 Å². The summed E-state index contributed by atoms with van der Waals surface area (Å²) in [4.78, 5) is 4.50. The normalized spacial score (nSPS) is 14.0. The van der Waals surface area contributed by atoms with E-state index >= 15 is 0 Å². The molecule has 1 rings (SSSR count). The van der Waals surface area contributed by atoms with Crippen LogP contribution in [-0.2, 0) is 0 Å². The van der Waals surface area contributed by atoms with E-state index in [9.17, 15) is 8.78 Å². The van der Waals surface area contributed by atoms with Crippen molar-refractivity contribution in [1.29, 1.82) is 0 Å². The Kier molecular flexibility index (Phi) is 10.8. The number of hydrogen-bond acceptors (Lipinski definition) is 2. The van der Waals surface area contributed by atoms with Gasteiger partial charge in [-0.25, -0.2) is 8.78 Å². The summed E-state index contributed by atoms with van der Waals surface area (Å²) in [6, 6.07) is 3.76. The van der Waals surface area contributed by atoms with Crippen LogP contribution < -0.4 is 10.6 Å². The lowest BCUT2D eigenvalue weighted by atomic mass is 10.1. The lowest BCUT2D eigenvalue weighted by Crippen LogP contribution is -2.39. The van der Waals surface area contributed by atoms with Crippen LogP contribution in [0.2, 0.25) is 0 Å². The predicted molar refractivity (Wildman–Crippen MR) is 102 cm³/mol. The van der Waals surface area contributed by atoms with Gasteiger partial charge in [-0.1, -0.05) is 13.0 Å². The second-order valence-corrected chi connectivity index (χ2v) is 6.08. The van der Waals surface area contributed by atoms with Gasteiger partial charge in [-0.3, -0.25) is 4.99 Å². The average Bonchev–Trinajstić information content (AvgIpc) is 2.47. The Hall–Kier alpha value is -0.570. The van der Waals surface area contributed by atoms with Crippen LogP contribution >= 0.6 is 35.7 Å². The molecule has 0 amide bonds. The van der Waals surface area contributed by atoms with Crippen molar-refractivity contribution >= 4 is 41.7 Å². The van der Waals surface area contributed by atoms with Crippen LogP contribution in [0.5, 0.6) is 0 Å². The third kappa shape index (κ3) is 7.13. The van der Waals surface area contributed by atoms with Gasteiger partial charge in [-0.05, 0) is 37.8 Å². The van der Waals surface area contributed by atoms with E-state index in [1.54, 1.807) is 17.8 Å². The first-order valence-electron chi connectivity index (χ1n) is 7.00. The molecule has 0 saturated carbocycles. The van der Waals surface area contributed by atoms with E-state index in [1.807, 2.05) is 20.1 Å². The van der Waals surface area contributed by atoms with Crippen LogP contribution in [0.15, 0.2) is 23.2 Å². The molecule has 0 fully saturated rings. The van der Waals surface area contributed by atoms with Crippen LogP contribution in [0.25, 0.3) is 0 Å². The summed E-state index contributed by atoms with van der Waals surface area (Å²) in [5.41, 5.74) is 0.678. The number of aliphatic imine (C=N–C) groups is 1. The Morgan fingerprint density at radius 3 is 2.50 bits per heavy atom. The first-order chi connectivity index (χ1) is 9.97. The molecule has 1 aromatic rings. The van der Waals surface area contributed by atoms with Crippen molar-refractivity contribution in [1.82, 2.24) is 10.6 Å². The van der Waals surface area contributed by atoms with Crippen molar-refractivity contribution in [3.05, 3.63) is 35.4 Å². The van der Waals surface area contributed by atoms with Gasteiger partial charge in [0.05, 0.1) is 12.6 Å². The summed E-state index contributed by atoms with van der Waals surface area (Å²) in [7, 11) is 0. The van der Waals surface area contributed by atoms with Crippen LogP contribution in [-0.4, -0.2) is 30.6 Å². The van der Waals surface area contributed by atoms with Gasteiger partial charge < -0.3 is 10.6 Å². The maximum absolute atomic E-state index is 13.3. The highest BCUT2D eigenvalue weighted by atomic mass is 127. The predicted octanol–water partition coefficient (Wildman–Crippen LogP) is 3.95. The molecular formula is C15H24F2IN3S. The molecule has 0 saturated heterocycles. The summed E-state index contributed by atoms with van der Waals surface area (Å²) < 4.78 is 26.2. The number of hydrogen-bond donors (Lipinski definition) is 2. The van der Waals surface area contributed by atoms with Gasteiger partial charge in [0.25, 0.3) is 0 Å². The number of rotatable bonds is 6. The summed E-state index contributed by atoms with van der Waals surface area (Å²) in [5.74, 6) is -0.991. The Bertz CT molecular complexity index is 486. The van der Waals surface area contributed by atoms with E-state index in [1.165, 1.54) is 6.07 Å². The SMILES string of the molecule is CCNC(=NCC(C)SC)NC(C)c1ccc(F)c(F)c1.I. The molecule has 0 aromatic heterocycles. The summed E-state index contributed by atoms with van der Waals surface area (Å²) >= 11 is 1.75. The van der Waals surface area contributed by atoms with Gasteiger partial charge in [0, 0.05) is 11.8 Å². The fraction of sp³-hybridized carbons (Fsp3) is 0.533. The Labute approximate surface area is 152 Å². The van der Waals surface area contributed by atoms with E-state index in [0.717, 1.165) is 12.6 Å². The van der Waals surface area contributed by atoms with E-state index in [-0.39, 0.29) is 30.0 Å². The molecule has 0 heterocycles. The molecule has 126 valence electrons. The Balaban J connectivity index is 0.00000441. The van der Waals surface area contributed by atoms with E-state index in [2.05, 4.69) is 22.5 Å². The van der Waals surface area contributed by atoms with Gasteiger partial charge in [0.1, 0.15) is 0 Å². The third-order valence-corrected chi connectivity index (χ3v) is 4.00. The van der Waals surface area contributed by atoms with Crippen molar-refractivity contribution in [2.75, 3.05) is 19.3 Å². The van der Waals surface area contributed by atoms with Crippen molar-refractivity contribution in [3.63, 3.8) is 0 Å². The number of thioether (sulfide) groups is 1. The van der Waals surface area contributed by atoms with Crippen LogP contribution in [0.3, 0.4) is 0 Å². The standard InChI is InChI=1S/C15H23F2N3S.HI/c1-5-18-15(19-9-10(2)21-4)20-11(3)12-6-7-13(16)14(17)8-12;/h6-8,10-11H,5,9H2,1-4H3,(H2,18,19,20);1H. The van der Waals surface area contributed by atoms with Gasteiger partial charge in [0.15, 0.2) is 17.6 Å².